The van der Waals surface area contributed by atoms with E-state index in [2.05, 4.69) is 34.8 Å². The van der Waals surface area contributed by atoms with Crippen LogP contribution < -0.4 is 16.0 Å². The minimum atomic E-state index is -0.150. The molecule has 2 heterocycles. The van der Waals surface area contributed by atoms with Gasteiger partial charge in [0.15, 0.2) is 0 Å². The molecule has 0 fully saturated rings. The zero-order valence-corrected chi connectivity index (χ0v) is 18.6. The Morgan fingerprint density at radius 3 is 2.50 bits per heavy atom. The van der Waals surface area contributed by atoms with Crippen LogP contribution in [0.3, 0.4) is 0 Å². The van der Waals surface area contributed by atoms with Gasteiger partial charge in [0.1, 0.15) is 0 Å². The molecular weight excluding hydrogens is 400 g/mol. The number of benzene rings is 2. The number of nitrogens with one attached hydrogen (secondary N) is 4. The fourth-order valence-electron chi connectivity index (χ4n) is 4.00. The lowest BCUT2D eigenvalue weighted by atomic mass is 9.97. The maximum Gasteiger partial charge on any atom is 0.256 e. The Labute approximate surface area is 188 Å². The van der Waals surface area contributed by atoms with Gasteiger partial charge in [0.25, 0.3) is 11.8 Å². The van der Waals surface area contributed by atoms with Gasteiger partial charge in [-0.3, -0.25) is 9.59 Å². The lowest BCUT2D eigenvalue weighted by molar-refractivity contribution is -0.110. The van der Waals surface area contributed by atoms with Crippen LogP contribution in [-0.2, 0) is 4.79 Å². The van der Waals surface area contributed by atoms with Crippen LogP contribution in [0.15, 0.2) is 54.6 Å². The molecule has 2 amide bonds. The number of hydrogen-bond acceptors (Lipinski definition) is 3. The van der Waals surface area contributed by atoms with E-state index in [1.165, 1.54) is 0 Å². The van der Waals surface area contributed by atoms with Crippen molar-refractivity contribution in [3.63, 3.8) is 0 Å². The Kier molecular flexibility index (Phi) is 6.23. The molecule has 4 rings (SSSR count). The fraction of sp³-hybridized carbons (Fsp3) is 0.231. The van der Waals surface area contributed by atoms with Crippen molar-refractivity contribution < 1.29 is 9.59 Å². The molecule has 6 heteroatoms. The van der Waals surface area contributed by atoms with Crippen LogP contribution in [0.1, 0.15) is 41.2 Å². The van der Waals surface area contributed by atoms with Gasteiger partial charge in [-0.1, -0.05) is 62.4 Å². The van der Waals surface area contributed by atoms with Crippen LogP contribution >= 0.6 is 0 Å². The molecule has 0 bridgehead atoms. The van der Waals surface area contributed by atoms with Gasteiger partial charge in [-0.05, 0) is 24.6 Å². The van der Waals surface area contributed by atoms with Crippen LogP contribution in [-0.4, -0.2) is 35.9 Å². The van der Waals surface area contributed by atoms with Crippen molar-refractivity contribution in [2.45, 2.75) is 26.8 Å². The Morgan fingerprint density at radius 2 is 1.75 bits per heavy atom. The number of H-pyrrole nitrogens is 1. The van der Waals surface area contributed by atoms with E-state index in [1.807, 2.05) is 67.6 Å². The first-order chi connectivity index (χ1) is 15.5. The van der Waals surface area contributed by atoms with Crippen molar-refractivity contribution in [3.05, 3.63) is 77.1 Å². The minimum absolute atomic E-state index is 0.135. The van der Waals surface area contributed by atoms with E-state index < -0.39 is 0 Å². The summed E-state index contributed by atoms with van der Waals surface area (Å²) < 4.78 is 0. The molecule has 1 aromatic heterocycles. The number of carbonyl (C=O) groups excluding carboxylic acids is 2. The van der Waals surface area contributed by atoms with Gasteiger partial charge < -0.3 is 20.9 Å². The molecule has 3 aromatic rings. The minimum Gasteiger partial charge on any atom is -0.358 e. The summed E-state index contributed by atoms with van der Waals surface area (Å²) in [7, 11) is 0. The topological polar surface area (TPSA) is 86.0 Å². The van der Waals surface area contributed by atoms with Gasteiger partial charge in [0, 0.05) is 47.3 Å². The summed E-state index contributed by atoms with van der Waals surface area (Å²) in [5.74, 6) is -0.285. The molecule has 0 unspecified atom stereocenters. The highest BCUT2D eigenvalue weighted by molar-refractivity contribution is 6.35. The molecule has 2 aromatic carbocycles. The van der Waals surface area contributed by atoms with Crippen molar-refractivity contribution in [2.24, 2.45) is 0 Å². The van der Waals surface area contributed by atoms with Crippen molar-refractivity contribution in [2.75, 3.05) is 18.4 Å². The van der Waals surface area contributed by atoms with E-state index in [9.17, 15) is 9.59 Å². The van der Waals surface area contributed by atoms with E-state index in [1.54, 1.807) is 0 Å². The summed E-state index contributed by atoms with van der Waals surface area (Å²) in [6.07, 6.45) is 1.84. The molecule has 0 saturated carbocycles. The van der Waals surface area contributed by atoms with Crippen molar-refractivity contribution >= 4 is 29.2 Å². The Morgan fingerprint density at radius 1 is 1.03 bits per heavy atom. The standard InChI is InChI=1S/C26H28N4O2/c1-16(2)27-13-14-28-26(32)23-17(3)29-22(24(23)18-9-5-4-6-10-18)15-20-19-11-7-8-12-21(19)30-25(20)31/h4-12,15-16,27,29H,13-14H2,1-3H3,(H,28,32)(H,30,31). The van der Waals surface area contributed by atoms with Crippen LogP contribution in [0.25, 0.3) is 22.8 Å². The smallest absolute Gasteiger partial charge is 0.256 e. The summed E-state index contributed by atoms with van der Waals surface area (Å²) in [5.41, 5.74) is 6.03. The van der Waals surface area contributed by atoms with Crippen LogP contribution in [0, 0.1) is 6.92 Å². The molecular formula is C26H28N4O2. The number of hydrogen-bond donors (Lipinski definition) is 4. The predicted molar refractivity (Wildman–Crippen MR) is 129 cm³/mol. The zero-order valence-electron chi connectivity index (χ0n) is 18.6. The third-order valence-corrected chi connectivity index (χ3v) is 5.47. The normalized spacial score (nSPS) is 14.0. The molecule has 0 saturated heterocycles. The van der Waals surface area contributed by atoms with Gasteiger partial charge >= 0.3 is 0 Å². The number of rotatable bonds is 7. The fourth-order valence-corrected chi connectivity index (χ4v) is 4.00. The monoisotopic (exact) mass is 428 g/mol. The molecule has 1 aliphatic rings. The second-order valence-electron chi connectivity index (χ2n) is 8.20. The van der Waals surface area contributed by atoms with Crippen LogP contribution in [0.2, 0.25) is 0 Å². The van der Waals surface area contributed by atoms with E-state index in [0.717, 1.165) is 33.8 Å². The number of amides is 2. The molecule has 4 N–H and O–H groups in total. The number of fused-ring (bicyclic) bond motifs is 1. The van der Waals surface area contributed by atoms with Gasteiger partial charge in [-0.2, -0.15) is 0 Å². The molecule has 6 nitrogen and oxygen atoms in total. The predicted octanol–water partition coefficient (Wildman–Crippen LogP) is 4.21. The first-order valence-electron chi connectivity index (χ1n) is 10.9. The Bertz CT molecular complexity index is 1180. The number of carbonyl (C=O) groups is 2. The molecule has 0 atom stereocenters. The van der Waals surface area contributed by atoms with E-state index in [-0.39, 0.29) is 11.8 Å². The van der Waals surface area contributed by atoms with E-state index in [0.29, 0.717) is 30.3 Å². The lowest BCUT2D eigenvalue weighted by Gasteiger charge is -2.11. The maximum atomic E-state index is 13.2. The Balaban J connectivity index is 1.75. The molecule has 0 radical (unpaired) electrons. The van der Waals surface area contributed by atoms with Gasteiger partial charge in [0.2, 0.25) is 0 Å². The maximum absolute atomic E-state index is 13.2. The summed E-state index contributed by atoms with van der Waals surface area (Å²) >= 11 is 0. The molecule has 164 valence electrons. The lowest BCUT2D eigenvalue weighted by Crippen LogP contribution is -2.34. The molecule has 1 aliphatic heterocycles. The summed E-state index contributed by atoms with van der Waals surface area (Å²) in [4.78, 5) is 29.2. The van der Waals surface area contributed by atoms with E-state index >= 15 is 0 Å². The van der Waals surface area contributed by atoms with Crippen LogP contribution in [0.5, 0.6) is 0 Å². The summed E-state index contributed by atoms with van der Waals surface area (Å²) in [6.45, 7) is 7.26. The van der Waals surface area contributed by atoms with E-state index in [4.69, 9.17) is 0 Å². The summed E-state index contributed by atoms with van der Waals surface area (Å²) in [6, 6.07) is 17.8. The second-order valence-corrected chi connectivity index (χ2v) is 8.20. The third kappa shape index (κ3) is 4.36. The van der Waals surface area contributed by atoms with Gasteiger partial charge in [-0.15, -0.1) is 0 Å². The Hall–Kier alpha value is -3.64. The van der Waals surface area contributed by atoms with Gasteiger partial charge in [0.05, 0.1) is 11.1 Å². The number of para-hydroxylation sites is 1. The average Bonchev–Trinajstić information content (AvgIpc) is 3.28. The second kappa shape index (κ2) is 9.24. The van der Waals surface area contributed by atoms with Crippen LogP contribution in [0.4, 0.5) is 5.69 Å². The SMILES string of the molecule is Cc1[nH]c(C=C2C(=O)Nc3ccccc32)c(-c2ccccc2)c1C(=O)NCCNC(C)C. The highest BCUT2D eigenvalue weighted by Crippen LogP contribution is 2.36. The van der Waals surface area contributed by atoms with Crippen molar-refractivity contribution in [1.82, 2.24) is 15.6 Å². The van der Waals surface area contributed by atoms with Crippen molar-refractivity contribution in [3.8, 4) is 11.1 Å². The zero-order chi connectivity index (χ0) is 22.7. The number of anilines is 1. The first kappa shape index (κ1) is 21.6. The molecule has 0 aliphatic carbocycles. The number of aromatic nitrogens is 1. The third-order valence-electron chi connectivity index (χ3n) is 5.47. The van der Waals surface area contributed by atoms with Gasteiger partial charge in [-0.25, -0.2) is 0 Å². The van der Waals surface area contributed by atoms with Crippen molar-refractivity contribution in [1.29, 1.82) is 0 Å². The molecule has 32 heavy (non-hydrogen) atoms. The quantitative estimate of drug-likeness (QED) is 0.336. The average molecular weight is 429 g/mol. The largest absolute Gasteiger partial charge is 0.358 e. The highest BCUT2D eigenvalue weighted by atomic mass is 16.2. The first-order valence-corrected chi connectivity index (χ1v) is 10.9. The summed E-state index contributed by atoms with van der Waals surface area (Å²) in [5, 5.41) is 9.23. The molecule has 0 spiro atoms. The highest BCUT2D eigenvalue weighted by Gasteiger charge is 2.26. The number of aryl methyl sites for hydroxylation is 1. The number of aromatic amines is 1.